The Hall–Kier alpha value is -1.55. The number of hydrogen-bond donors (Lipinski definition) is 1. The minimum Gasteiger partial charge on any atom is -0.354 e. The van der Waals surface area contributed by atoms with E-state index in [0.717, 1.165) is 24.8 Å². The summed E-state index contributed by atoms with van der Waals surface area (Å²) in [5.74, 6) is -0.0469. The highest BCUT2D eigenvalue weighted by atomic mass is 35.5. The lowest BCUT2D eigenvalue weighted by Crippen LogP contribution is -2.49. The van der Waals surface area contributed by atoms with Gasteiger partial charge in [0.2, 0.25) is 11.8 Å². The topological polar surface area (TPSA) is 49.4 Å². The summed E-state index contributed by atoms with van der Waals surface area (Å²) in [6, 6.07) is 6.98. The third kappa shape index (κ3) is 6.52. The third-order valence-electron chi connectivity index (χ3n) is 3.95. The fourth-order valence-corrected chi connectivity index (χ4v) is 2.70. The number of halogens is 1. The number of amides is 2. The molecule has 1 rings (SSSR count). The van der Waals surface area contributed by atoms with Crippen LogP contribution in [0, 0.1) is 0 Å². The average Bonchev–Trinajstić information content (AvgIpc) is 2.57. The van der Waals surface area contributed by atoms with E-state index in [4.69, 9.17) is 11.6 Å². The Morgan fingerprint density at radius 2 is 1.79 bits per heavy atom. The van der Waals surface area contributed by atoms with Gasteiger partial charge in [0, 0.05) is 24.5 Å². The lowest BCUT2D eigenvalue weighted by molar-refractivity contribution is -0.141. The molecule has 0 spiro atoms. The summed E-state index contributed by atoms with van der Waals surface area (Å²) >= 11 is 5.93. The van der Waals surface area contributed by atoms with Crippen LogP contribution in [0.5, 0.6) is 0 Å². The summed E-state index contributed by atoms with van der Waals surface area (Å²) in [5, 5.41) is 3.61. The molecule has 1 N–H and O–H groups in total. The Morgan fingerprint density at radius 3 is 2.33 bits per heavy atom. The van der Waals surface area contributed by atoms with E-state index < -0.39 is 6.04 Å². The normalized spacial score (nSPS) is 11.8. The van der Waals surface area contributed by atoms with E-state index in [-0.39, 0.29) is 11.8 Å². The summed E-state index contributed by atoms with van der Waals surface area (Å²) in [6.45, 7) is 7.08. The number of benzene rings is 1. The van der Waals surface area contributed by atoms with Gasteiger partial charge in [-0.25, -0.2) is 0 Å². The van der Waals surface area contributed by atoms with Gasteiger partial charge in [-0.2, -0.15) is 0 Å². The maximum absolute atomic E-state index is 12.6. The van der Waals surface area contributed by atoms with Gasteiger partial charge in [0.1, 0.15) is 6.04 Å². The summed E-state index contributed by atoms with van der Waals surface area (Å²) in [6.07, 6.45) is 3.79. The molecule has 0 unspecified atom stereocenters. The molecular formula is C19H29ClN2O2. The summed E-state index contributed by atoms with van der Waals surface area (Å²) < 4.78 is 0. The zero-order chi connectivity index (χ0) is 17.9. The first kappa shape index (κ1) is 20.5. The van der Waals surface area contributed by atoms with E-state index >= 15 is 0 Å². The highest BCUT2D eigenvalue weighted by molar-refractivity contribution is 6.30. The maximum atomic E-state index is 12.6. The zero-order valence-electron chi connectivity index (χ0n) is 15.0. The molecule has 0 bridgehead atoms. The van der Waals surface area contributed by atoms with Crippen molar-refractivity contribution in [1.82, 2.24) is 10.2 Å². The van der Waals surface area contributed by atoms with Gasteiger partial charge < -0.3 is 10.2 Å². The van der Waals surface area contributed by atoms with E-state index in [9.17, 15) is 9.59 Å². The van der Waals surface area contributed by atoms with Gasteiger partial charge >= 0.3 is 0 Å². The molecule has 4 nitrogen and oxygen atoms in total. The van der Waals surface area contributed by atoms with Crippen LogP contribution in [-0.2, 0) is 16.1 Å². The van der Waals surface area contributed by atoms with Crippen LogP contribution in [0.4, 0.5) is 0 Å². The molecule has 2 amide bonds. The van der Waals surface area contributed by atoms with Crippen LogP contribution in [0.1, 0.15) is 58.4 Å². The molecule has 0 aliphatic carbocycles. The second-order valence-electron chi connectivity index (χ2n) is 5.97. The van der Waals surface area contributed by atoms with Crippen LogP contribution in [0.2, 0.25) is 5.02 Å². The van der Waals surface area contributed by atoms with Gasteiger partial charge in [0.15, 0.2) is 0 Å². The molecule has 0 saturated carbocycles. The largest absolute Gasteiger partial charge is 0.354 e. The Morgan fingerprint density at radius 1 is 1.12 bits per heavy atom. The van der Waals surface area contributed by atoms with Crippen molar-refractivity contribution in [2.24, 2.45) is 0 Å². The van der Waals surface area contributed by atoms with E-state index in [1.165, 1.54) is 0 Å². The lowest BCUT2D eigenvalue weighted by atomic mass is 10.1. The van der Waals surface area contributed by atoms with Crippen molar-refractivity contribution in [2.45, 2.75) is 65.5 Å². The van der Waals surface area contributed by atoms with Crippen LogP contribution in [0.15, 0.2) is 24.3 Å². The van der Waals surface area contributed by atoms with Crippen LogP contribution in [-0.4, -0.2) is 29.3 Å². The van der Waals surface area contributed by atoms with Crippen molar-refractivity contribution >= 4 is 23.4 Å². The molecule has 134 valence electrons. The minimum atomic E-state index is -0.434. The molecule has 0 aliphatic heterocycles. The third-order valence-corrected chi connectivity index (χ3v) is 4.20. The van der Waals surface area contributed by atoms with Crippen molar-refractivity contribution in [3.63, 3.8) is 0 Å². The zero-order valence-corrected chi connectivity index (χ0v) is 15.7. The Balaban J connectivity index is 2.90. The van der Waals surface area contributed by atoms with Crippen molar-refractivity contribution in [3.05, 3.63) is 34.9 Å². The molecule has 0 radical (unpaired) electrons. The van der Waals surface area contributed by atoms with Gasteiger partial charge in [-0.1, -0.05) is 50.9 Å². The standard InChI is InChI=1S/C19H29ClN2O2/c1-4-7-13-21-19(24)17(6-3)22(18(23)8-5-2)14-15-9-11-16(20)12-10-15/h9-12,17H,4-8,13-14H2,1-3H3,(H,21,24)/t17-/m1/s1. The first-order chi connectivity index (χ1) is 11.5. The molecule has 0 aliphatic rings. The van der Waals surface area contributed by atoms with Crippen LogP contribution < -0.4 is 5.32 Å². The molecule has 5 heteroatoms. The number of carbonyl (C=O) groups excluding carboxylic acids is 2. The quantitative estimate of drug-likeness (QED) is 0.642. The maximum Gasteiger partial charge on any atom is 0.242 e. The van der Waals surface area contributed by atoms with Crippen LogP contribution in [0.3, 0.4) is 0 Å². The van der Waals surface area contributed by atoms with Crippen molar-refractivity contribution in [3.8, 4) is 0 Å². The highest BCUT2D eigenvalue weighted by Crippen LogP contribution is 2.16. The molecule has 24 heavy (non-hydrogen) atoms. The predicted molar refractivity (Wildman–Crippen MR) is 98.9 cm³/mol. The van der Waals surface area contributed by atoms with Crippen molar-refractivity contribution in [2.75, 3.05) is 6.54 Å². The number of nitrogens with zero attached hydrogens (tertiary/aromatic N) is 1. The fraction of sp³-hybridized carbons (Fsp3) is 0.579. The fourth-order valence-electron chi connectivity index (χ4n) is 2.57. The van der Waals surface area contributed by atoms with Gasteiger partial charge in [0.05, 0.1) is 0 Å². The second-order valence-corrected chi connectivity index (χ2v) is 6.40. The number of unbranched alkanes of at least 4 members (excludes halogenated alkanes) is 1. The molecule has 1 aromatic rings. The lowest BCUT2D eigenvalue weighted by Gasteiger charge is -2.30. The molecule has 1 atom stereocenters. The predicted octanol–water partition coefficient (Wildman–Crippen LogP) is 4.16. The highest BCUT2D eigenvalue weighted by Gasteiger charge is 2.27. The SMILES string of the molecule is CCCCNC(=O)[C@@H](CC)N(Cc1ccc(Cl)cc1)C(=O)CCC. The molecule has 1 aromatic carbocycles. The molecular weight excluding hydrogens is 324 g/mol. The number of carbonyl (C=O) groups is 2. The van der Waals surface area contributed by atoms with Gasteiger partial charge in [-0.05, 0) is 37.0 Å². The van der Waals surface area contributed by atoms with E-state index in [1.54, 1.807) is 4.90 Å². The summed E-state index contributed by atoms with van der Waals surface area (Å²) in [7, 11) is 0. The Bertz CT molecular complexity index is 517. The second kappa shape index (κ2) is 11.1. The van der Waals surface area contributed by atoms with Gasteiger partial charge in [0.25, 0.3) is 0 Å². The monoisotopic (exact) mass is 352 g/mol. The summed E-state index contributed by atoms with van der Waals surface area (Å²) in [4.78, 5) is 26.8. The Labute approximate surface area is 150 Å². The average molecular weight is 353 g/mol. The number of rotatable bonds is 10. The molecule has 0 fully saturated rings. The van der Waals surface area contributed by atoms with Crippen molar-refractivity contribution in [1.29, 1.82) is 0 Å². The summed E-state index contributed by atoms with van der Waals surface area (Å²) in [5.41, 5.74) is 0.976. The minimum absolute atomic E-state index is 0.0185. The van der Waals surface area contributed by atoms with Gasteiger partial charge in [-0.3, -0.25) is 9.59 Å². The van der Waals surface area contributed by atoms with Gasteiger partial charge in [-0.15, -0.1) is 0 Å². The molecule has 0 saturated heterocycles. The number of nitrogens with one attached hydrogen (secondary N) is 1. The van der Waals surface area contributed by atoms with E-state index in [2.05, 4.69) is 12.2 Å². The van der Waals surface area contributed by atoms with Crippen LogP contribution in [0.25, 0.3) is 0 Å². The van der Waals surface area contributed by atoms with Crippen molar-refractivity contribution < 1.29 is 9.59 Å². The number of hydrogen-bond acceptors (Lipinski definition) is 2. The first-order valence-electron chi connectivity index (χ1n) is 8.85. The molecule has 0 aromatic heterocycles. The van der Waals surface area contributed by atoms with Crippen LogP contribution >= 0.6 is 11.6 Å². The Kier molecular flexibility index (Phi) is 9.46. The first-order valence-corrected chi connectivity index (χ1v) is 9.22. The molecule has 0 heterocycles. The van der Waals surface area contributed by atoms with E-state index in [0.29, 0.717) is 31.0 Å². The smallest absolute Gasteiger partial charge is 0.242 e. The van der Waals surface area contributed by atoms with E-state index in [1.807, 2.05) is 38.1 Å².